The maximum absolute atomic E-state index is 15.3. The number of benzene rings is 1. The lowest BCUT2D eigenvalue weighted by atomic mass is 9.90. The third-order valence-corrected chi connectivity index (χ3v) is 4.45. The van der Waals surface area contributed by atoms with Crippen LogP contribution in [0.4, 0.5) is 10.1 Å². The second-order valence-corrected chi connectivity index (χ2v) is 7.93. The van der Waals surface area contributed by atoms with Gasteiger partial charge in [-0.15, -0.1) is 0 Å². The van der Waals surface area contributed by atoms with Crippen LogP contribution in [0.1, 0.15) is 68.1 Å². The lowest BCUT2D eigenvalue weighted by molar-refractivity contribution is -0.155. The molecule has 7 heteroatoms. The van der Waals surface area contributed by atoms with E-state index in [1.807, 2.05) is 6.92 Å². The molecule has 1 aromatic carbocycles. The van der Waals surface area contributed by atoms with Gasteiger partial charge in [-0.05, 0) is 56.9 Å². The van der Waals surface area contributed by atoms with Crippen molar-refractivity contribution in [1.29, 1.82) is 0 Å². The molecular weight excluding hydrogens is 383 g/mol. The predicted molar refractivity (Wildman–Crippen MR) is 107 cm³/mol. The van der Waals surface area contributed by atoms with Gasteiger partial charge in [0.05, 0.1) is 28.9 Å². The summed E-state index contributed by atoms with van der Waals surface area (Å²) in [6.45, 7) is 7.15. The van der Waals surface area contributed by atoms with Crippen molar-refractivity contribution in [2.45, 2.75) is 52.1 Å². The second kappa shape index (κ2) is 8.69. The number of nitrogens with two attached hydrogens (primary N) is 1. The van der Waals surface area contributed by atoms with Gasteiger partial charge in [0.25, 0.3) is 0 Å². The van der Waals surface area contributed by atoms with Gasteiger partial charge in [-0.25, -0.2) is 4.39 Å². The number of carbonyl (C=O) groups excluding carboxylic acids is 2. The van der Waals surface area contributed by atoms with Gasteiger partial charge in [0, 0.05) is 0 Å². The molecule has 0 amide bonds. The molecule has 28 heavy (non-hydrogen) atoms. The normalized spacial score (nSPS) is 12.5. The quantitative estimate of drug-likeness (QED) is 0.544. The van der Waals surface area contributed by atoms with Crippen molar-refractivity contribution in [1.82, 2.24) is 4.98 Å². The Labute approximate surface area is 169 Å². The first-order valence-corrected chi connectivity index (χ1v) is 9.37. The first kappa shape index (κ1) is 21.8. The summed E-state index contributed by atoms with van der Waals surface area (Å²) in [7, 11) is 0. The summed E-state index contributed by atoms with van der Waals surface area (Å²) in [5.41, 5.74) is 5.36. The highest BCUT2D eigenvalue weighted by Crippen LogP contribution is 2.32. The van der Waals surface area contributed by atoms with Crippen LogP contribution in [-0.2, 0) is 9.53 Å². The first-order chi connectivity index (χ1) is 13.0. The number of nitrogens with zero attached hydrogens (tertiary/aromatic N) is 1. The number of esters is 1. The minimum atomic E-state index is -0.744. The number of halogens is 2. The van der Waals surface area contributed by atoms with Gasteiger partial charge in [0.15, 0.2) is 0 Å². The summed E-state index contributed by atoms with van der Waals surface area (Å²) < 4.78 is 20.6. The fraction of sp³-hybridized carbons (Fsp3) is 0.381. The average Bonchev–Trinajstić information content (AvgIpc) is 2.59. The van der Waals surface area contributed by atoms with Gasteiger partial charge in [-0.1, -0.05) is 24.6 Å². The number of hydrogen-bond donors (Lipinski definition) is 1. The van der Waals surface area contributed by atoms with Crippen molar-refractivity contribution in [2.24, 2.45) is 0 Å². The second-order valence-electron chi connectivity index (χ2n) is 7.53. The van der Waals surface area contributed by atoms with Crippen molar-refractivity contribution < 1.29 is 18.7 Å². The summed E-state index contributed by atoms with van der Waals surface area (Å²) in [6.07, 6.45) is 1.81. The molecule has 150 valence electrons. The summed E-state index contributed by atoms with van der Waals surface area (Å²) in [6, 6.07) is 5.89. The smallest absolute Gasteiger partial charge is 0.306 e. The van der Waals surface area contributed by atoms with Crippen LogP contribution in [-0.4, -0.2) is 22.3 Å². The molecule has 1 heterocycles. The van der Waals surface area contributed by atoms with E-state index in [-0.39, 0.29) is 28.3 Å². The van der Waals surface area contributed by atoms with E-state index in [1.54, 1.807) is 20.8 Å². The molecule has 0 saturated heterocycles. The molecule has 0 aliphatic carbocycles. The highest BCUT2D eigenvalue weighted by molar-refractivity contribution is 6.35. The number of rotatable bonds is 6. The van der Waals surface area contributed by atoms with Gasteiger partial charge in [0.1, 0.15) is 17.1 Å². The standard InChI is InChI=1S/C21H24ClFN2O3/c1-5-12(10-17(26)28-21(2,3)4)14-7-8-15(22)18(19(14)23)20(27)16-9-6-13(24)11-25-16/h6-9,11-12H,5,10,24H2,1-4H3/t12-/m0/s1. The van der Waals surface area contributed by atoms with Crippen LogP contribution in [0.15, 0.2) is 30.5 Å². The molecule has 2 aromatic rings. The molecule has 2 rings (SSSR count). The molecule has 1 aromatic heterocycles. The van der Waals surface area contributed by atoms with Gasteiger partial charge >= 0.3 is 5.97 Å². The molecule has 0 aliphatic heterocycles. The number of anilines is 1. The average molecular weight is 407 g/mol. The number of carbonyl (C=O) groups is 2. The van der Waals surface area contributed by atoms with Crippen molar-refractivity contribution in [2.75, 3.05) is 5.73 Å². The molecule has 1 atom stereocenters. The van der Waals surface area contributed by atoms with Crippen LogP contribution in [0.3, 0.4) is 0 Å². The van der Waals surface area contributed by atoms with Crippen molar-refractivity contribution in [3.63, 3.8) is 0 Å². The van der Waals surface area contributed by atoms with Crippen LogP contribution in [0, 0.1) is 5.82 Å². The zero-order valence-corrected chi connectivity index (χ0v) is 17.1. The van der Waals surface area contributed by atoms with Crippen LogP contribution < -0.4 is 5.73 Å². The molecule has 0 bridgehead atoms. The first-order valence-electron chi connectivity index (χ1n) is 8.99. The molecule has 0 aliphatic rings. The van der Waals surface area contributed by atoms with Crippen molar-refractivity contribution >= 4 is 29.0 Å². The van der Waals surface area contributed by atoms with Crippen molar-refractivity contribution in [3.05, 3.63) is 58.1 Å². The fourth-order valence-electron chi connectivity index (χ4n) is 2.82. The third-order valence-electron chi connectivity index (χ3n) is 4.13. The molecule has 0 fully saturated rings. The van der Waals surface area contributed by atoms with E-state index in [9.17, 15) is 9.59 Å². The molecule has 0 radical (unpaired) electrons. The third kappa shape index (κ3) is 5.29. The van der Waals surface area contributed by atoms with E-state index < -0.39 is 29.1 Å². The van der Waals surface area contributed by atoms with Gasteiger partial charge in [0.2, 0.25) is 5.78 Å². The van der Waals surface area contributed by atoms with E-state index in [2.05, 4.69) is 4.98 Å². The van der Waals surface area contributed by atoms with Crippen LogP contribution in [0.25, 0.3) is 0 Å². The Balaban J connectivity index is 2.38. The Morgan fingerprint density at radius 1 is 1.25 bits per heavy atom. The molecule has 2 N–H and O–H groups in total. The Kier molecular flexibility index (Phi) is 6.77. The lowest BCUT2D eigenvalue weighted by Gasteiger charge is -2.22. The van der Waals surface area contributed by atoms with Gasteiger partial charge in [-0.3, -0.25) is 14.6 Å². The number of ketones is 1. The molecule has 0 spiro atoms. The minimum Gasteiger partial charge on any atom is -0.460 e. The molecule has 0 unspecified atom stereocenters. The Morgan fingerprint density at radius 3 is 2.46 bits per heavy atom. The largest absolute Gasteiger partial charge is 0.460 e. The lowest BCUT2D eigenvalue weighted by Crippen LogP contribution is -2.25. The summed E-state index contributed by atoms with van der Waals surface area (Å²) >= 11 is 6.11. The van der Waals surface area contributed by atoms with E-state index >= 15 is 4.39 Å². The Hall–Kier alpha value is -2.47. The van der Waals surface area contributed by atoms with Crippen LogP contribution >= 0.6 is 11.6 Å². The van der Waals surface area contributed by atoms with Crippen LogP contribution in [0.5, 0.6) is 0 Å². The van der Waals surface area contributed by atoms with E-state index in [1.165, 1.54) is 30.5 Å². The summed E-state index contributed by atoms with van der Waals surface area (Å²) in [5, 5.41) is -0.0167. The number of pyridine rings is 1. The highest BCUT2D eigenvalue weighted by Gasteiger charge is 2.27. The SMILES string of the molecule is CC[C@@H](CC(=O)OC(C)(C)C)c1ccc(Cl)c(C(=O)c2ccc(N)cn2)c1F. The van der Waals surface area contributed by atoms with E-state index in [0.29, 0.717) is 12.1 Å². The number of nitrogen functional groups attached to an aromatic ring is 1. The maximum Gasteiger partial charge on any atom is 0.306 e. The zero-order chi connectivity index (χ0) is 21.1. The number of hydrogen-bond acceptors (Lipinski definition) is 5. The Morgan fingerprint density at radius 2 is 1.93 bits per heavy atom. The molecular formula is C21H24ClFN2O3. The Bertz CT molecular complexity index is 876. The highest BCUT2D eigenvalue weighted by atomic mass is 35.5. The van der Waals surface area contributed by atoms with E-state index in [0.717, 1.165) is 0 Å². The molecule has 5 nitrogen and oxygen atoms in total. The monoisotopic (exact) mass is 406 g/mol. The predicted octanol–water partition coefficient (Wildman–Crippen LogP) is 4.91. The summed E-state index contributed by atoms with van der Waals surface area (Å²) in [5.74, 6) is -2.26. The maximum atomic E-state index is 15.3. The summed E-state index contributed by atoms with van der Waals surface area (Å²) in [4.78, 5) is 28.9. The number of ether oxygens (including phenoxy) is 1. The van der Waals surface area contributed by atoms with Crippen molar-refractivity contribution in [3.8, 4) is 0 Å². The fourth-order valence-corrected chi connectivity index (χ4v) is 3.05. The molecule has 0 saturated carbocycles. The number of aromatic nitrogens is 1. The topological polar surface area (TPSA) is 82.3 Å². The minimum absolute atomic E-state index is 0.0000728. The van der Waals surface area contributed by atoms with Gasteiger partial charge < -0.3 is 10.5 Å². The van der Waals surface area contributed by atoms with Crippen LogP contribution in [0.2, 0.25) is 5.02 Å². The van der Waals surface area contributed by atoms with E-state index in [4.69, 9.17) is 22.1 Å². The van der Waals surface area contributed by atoms with Gasteiger partial charge in [-0.2, -0.15) is 0 Å². The zero-order valence-electron chi connectivity index (χ0n) is 16.4.